The maximum Gasteiger partial charge on any atom is 0.282 e. The van der Waals surface area contributed by atoms with E-state index in [2.05, 4.69) is 11.8 Å². The Morgan fingerprint density at radius 1 is 1.11 bits per heavy atom. The molecule has 2 aromatic carbocycles. The summed E-state index contributed by atoms with van der Waals surface area (Å²) in [4.78, 5) is 12.5. The molecule has 1 amide bonds. The Kier molecular flexibility index (Phi) is 3.93. The van der Waals surface area contributed by atoms with Crippen LogP contribution in [-0.4, -0.2) is 19.7 Å². The zero-order valence-electron chi connectivity index (χ0n) is 10.6. The van der Waals surface area contributed by atoms with Crippen LogP contribution < -0.4 is 9.75 Å². The number of para-hydroxylation sites is 2. The molecule has 4 heteroatoms. The van der Waals surface area contributed by atoms with Crippen LogP contribution in [0.5, 0.6) is 5.75 Å². The minimum atomic E-state index is -0.279. The minimum absolute atomic E-state index is 0.279. The van der Waals surface area contributed by atoms with E-state index in [1.165, 1.54) is 12.1 Å². The molecule has 0 atom stereocenters. The first-order valence-electron chi connectivity index (χ1n) is 5.77. The van der Waals surface area contributed by atoms with E-state index in [1.54, 1.807) is 30.3 Å². The number of hydrogen-bond acceptors (Lipinski definition) is 3. The van der Waals surface area contributed by atoms with E-state index in [9.17, 15) is 4.79 Å². The van der Waals surface area contributed by atoms with Crippen molar-refractivity contribution >= 4 is 18.3 Å². The molecular formula is C15H14N2O2. The standard InChI is InChI=1S/C15H14N2O2/c1-16-17(12-8-4-3-5-9-12)15(18)13-10-6-7-11-14(13)19-2/h3-11H,1H2,2H3. The zero-order chi connectivity index (χ0) is 13.7. The molecule has 0 spiro atoms. The molecule has 19 heavy (non-hydrogen) atoms. The smallest absolute Gasteiger partial charge is 0.282 e. The van der Waals surface area contributed by atoms with E-state index in [1.807, 2.05) is 24.3 Å². The van der Waals surface area contributed by atoms with Crippen molar-refractivity contribution in [2.75, 3.05) is 12.1 Å². The minimum Gasteiger partial charge on any atom is -0.496 e. The van der Waals surface area contributed by atoms with E-state index in [-0.39, 0.29) is 5.91 Å². The van der Waals surface area contributed by atoms with Crippen molar-refractivity contribution in [2.24, 2.45) is 5.10 Å². The Balaban J connectivity index is 2.39. The lowest BCUT2D eigenvalue weighted by Gasteiger charge is -2.17. The van der Waals surface area contributed by atoms with E-state index in [0.29, 0.717) is 17.0 Å². The van der Waals surface area contributed by atoms with Crippen LogP contribution in [0.4, 0.5) is 5.69 Å². The summed E-state index contributed by atoms with van der Waals surface area (Å²) in [5.74, 6) is 0.232. The highest BCUT2D eigenvalue weighted by Gasteiger charge is 2.19. The van der Waals surface area contributed by atoms with Crippen LogP contribution in [0, 0.1) is 0 Å². The second kappa shape index (κ2) is 5.82. The van der Waals surface area contributed by atoms with Crippen LogP contribution in [0.3, 0.4) is 0 Å². The van der Waals surface area contributed by atoms with Crippen molar-refractivity contribution in [3.63, 3.8) is 0 Å². The molecule has 0 aliphatic rings. The third-order valence-corrected chi connectivity index (χ3v) is 2.67. The van der Waals surface area contributed by atoms with Gasteiger partial charge in [-0.3, -0.25) is 4.79 Å². The van der Waals surface area contributed by atoms with E-state index >= 15 is 0 Å². The SMILES string of the molecule is C=NN(C(=O)c1ccccc1OC)c1ccccc1. The molecule has 0 radical (unpaired) electrons. The monoisotopic (exact) mass is 254 g/mol. The van der Waals surface area contributed by atoms with Crippen LogP contribution in [0.2, 0.25) is 0 Å². The molecule has 0 saturated heterocycles. The molecule has 0 fully saturated rings. The average Bonchev–Trinajstić information content (AvgIpc) is 2.49. The van der Waals surface area contributed by atoms with E-state index in [0.717, 1.165) is 0 Å². The van der Waals surface area contributed by atoms with Gasteiger partial charge in [0.05, 0.1) is 18.4 Å². The first-order chi connectivity index (χ1) is 9.27. The molecule has 2 aromatic rings. The van der Waals surface area contributed by atoms with Gasteiger partial charge in [0.25, 0.3) is 5.91 Å². The fourth-order valence-corrected chi connectivity index (χ4v) is 1.77. The highest BCUT2D eigenvalue weighted by Crippen LogP contribution is 2.23. The van der Waals surface area contributed by atoms with Crippen molar-refractivity contribution in [1.29, 1.82) is 0 Å². The Bertz CT molecular complexity index is 582. The lowest BCUT2D eigenvalue weighted by molar-refractivity contribution is 0.0985. The molecule has 0 aliphatic heterocycles. The molecule has 0 N–H and O–H groups in total. The number of hydrogen-bond donors (Lipinski definition) is 0. The van der Waals surface area contributed by atoms with Crippen LogP contribution in [0.1, 0.15) is 10.4 Å². The fraction of sp³-hybridized carbons (Fsp3) is 0.0667. The largest absolute Gasteiger partial charge is 0.496 e. The summed E-state index contributed by atoms with van der Waals surface area (Å²) < 4.78 is 5.19. The number of methoxy groups -OCH3 is 1. The summed E-state index contributed by atoms with van der Waals surface area (Å²) in [7, 11) is 1.53. The first-order valence-corrected chi connectivity index (χ1v) is 5.77. The van der Waals surface area contributed by atoms with Crippen LogP contribution in [-0.2, 0) is 0 Å². The van der Waals surface area contributed by atoms with Crippen molar-refractivity contribution < 1.29 is 9.53 Å². The van der Waals surface area contributed by atoms with Crippen LogP contribution in [0.15, 0.2) is 59.7 Å². The predicted molar refractivity (Wildman–Crippen MR) is 75.8 cm³/mol. The molecule has 0 aromatic heterocycles. The van der Waals surface area contributed by atoms with Gasteiger partial charge in [0, 0.05) is 6.72 Å². The molecule has 4 nitrogen and oxygen atoms in total. The Labute approximate surface area is 111 Å². The third kappa shape index (κ3) is 2.63. The number of ether oxygens (including phenoxy) is 1. The summed E-state index contributed by atoms with van der Waals surface area (Å²) in [6, 6.07) is 16.2. The van der Waals surface area contributed by atoms with E-state index in [4.69, 9.17) is 4.74 Å². The maximum atomic E-state index is 12.5. The normalized spacial score (nSPS) is 9.74. The fourth-order valence-electron chi connectivity index (χ4n) is 1.77. The number of amides is 1. The summed E-state index contributed by atoms with van der Waals surface area (Å²) in [5.41, 5.74) is 1.11. The molecule has 2 rings (SSSR count). The highest BCUT2D eigenvalue weighted by molar-refractivity contribution is 6.07. The van der Waals surface area contributed by atoms with Crippen molar-refractivity contribution in [3.8, 4) is 5.75 Å². The third-order valence-electron chi connectivity index (χ3n) is 2.67. The van der Waals surface area contributed by atoms with Crippen molar-refractivity contribution in [1.82, 2.24) is 0 Å². The summed E-state index contributed by atoms with van der Waals surface area (Å²) >= 11 is 0. The number of anilines is 1. The lowest BCUT2D eigenvalue weighted by Crippen LogP contribution is -2.25. The van der Waals surface area contributed by atoms with Gasteiger partial charge in [0.1, 0.15) is 5.75 Å². The van der Waals surface area contributed by atoms with Gasteiger partial charge >= 0.3 is 0 Å². The van der Waals surface area contributed by atoms with E-state index < -0.39 is 0 Å². The molecule has 96 valence electrons. The molecule has 0 saturated carbocycles. The van der Waals surface area contributed by atoms with Gasteiger partial charge in [-0.15, -0.1) is 0 Å². The van der Waals surface area contributed by atoms with Crippen molar-refractivity contribution in [3.05, 3.63) is 60.2 Å². The number of rotatable bonds is 4. The number of carbonyl (C=O) groups excluding carboxylic acids is 1. The van der Waals surface area contributed by atoms with Gasteiger partial charge in [-0.05, 0) is 24.3 Å². The average molecular weight is 254 g/mol. The van der Waals surface area contributed by atoms with Gasteiger partial charge in [-0.1, -0.05) is 30.3 Å². The molecule has 0 bridgehead atoms. The summed E-state index contributed by atoms with van der Waals surface area (Å²) in [5, 5.41) is 5.04. The second-order valence-corrected chi connectivity index (χ2v) is 3.79. The Morgan fingerprint density at radius 2 is 1.74 bits per heavy atom. The summed E-state index contributed by atoms with van der Waals surface area (Å²) in [6.07, 6.45) is 0. The quantitative estimate of drug-likeness (QED) is 0.621. The van der Waals surface area contributed by atoms with Gasteiger partial charge < -0.3 is 4.74 Å². The Morgan fingerprint density at radius 3 is 2.37 bits per heavy atom. The topological polar surface area (TPSA) is 41.9 Å². The molecule has 0 heterocycles. The zero-order valence-corrected chi connectivity index (χ0v) is 10.6. The summed E-state index contributed by atoms with van der Waals surface area (Å²) in [6.45, 7) is 3.45. The molecular weight excluding hydrogens is 240 g/mol. The number of benzene rings is 2. The van der Waals surface area contributed by atoms with Gasteiger partial charge in [-0.25, -0.2) is 0 Å². The lowest BCUT2D eigenvalue weighted by atomic mass is 10.1. The molecule has 0 aliphatic carbocycles. The maximum absolute atomic E-state index is 12.5. The predicted octanol–water partition coefficient (Wildman–Crippen LogP) is 2.96. The number of carbonyl (C=O) groups is 1. The van der Waals surface area contributed by atoms with Gasteiger partial charge in [-0.2, -0.15) is 10.1 Å². The first kappa shape index (κ1) is 12.8. The number of hydrazone groups is 1. The van der Waals surface area contributed by atoms with Crippen LogP contribution >= 0.6 is 0 Å². The van der Waals surface area contributed by atoms with Gasteiger partial charge in [0.15, 0.2) is 0 Å². The number of nitrogens with zero attached hydrogens (tertiary/aromatic N) is 2. The van der Waals surface area contributed by atoms with Crippen LogP contribution in [0.25, 0.3) is 0 Å². The van der Waals surface area contributed by atoms with Crippen molar-refractivity contribution in [2.45, 2.75) is 0 Å². The highest BCUT2D eigenvalue weighted by atomic mass is 16.5. The second-order valence-electron chi connectivity index (χ2n) is 3.79. The Hall–Kier alpha value is -2.62. The van der Waals surface area contributed by atoms with Gasteiger partial charge in [0.2, 0.25) is 0 Å². The molecule has 0 unspecified atom stereocenters.